The summed E-state index contributed by atoms with van der Waals surface area (Å²) in [6.07, 6.45) is -4.55. The SMILES string of the molecule is COc1ccc2c3c(c(=O)oc2c1)S[C@H](C(F)(F)F)C3. The normalized spacial score (nSPS) is 18.3. The molecule has 0 radical (unpaired) electrons. The van der Waals surface area contributed by atoms with Crippen molar-refractivity contribution in [2.24, 2.45) is 0 Å². The Morgan fingerprint density at radius 1 is 1.40 bits per heavy atom. The number of methoxy groups -OCH3 is 1. The lowest BCUT2D eigenvalue weighted by atomic mass is 10.1. The van der Waals surface area contributed by atoms with Crippen molar-refractivity contribution in [1.29, 1.82) is 0 Å². The average molecular weight is 302 g/mol. The van der Waals surface area contributed by atoms with Crippen LogP contribution in [0.15, 0.2) is 32.3 Å². The van der Waals surface area contributed by atoms with Crippen molar-refractivity contribution < 1.29 is 22.3 Å². The van der Waals surface area contributed by atoms with Crippen LogP contribution in [0.4, 0.5) is 13.2 Å². The molecule has 20 heavy (non-hydrogen) atoms. The lowest BCUT2D eigenvalue weighted by molar-refractivity contribution is -0.127. The van der Waals surface area contributed by atoms with E-state index in [1.165, 1.54) is 13.2 Å². The van der Waals surface area contributed by atoms with Crippen LogP contribution in [-0.2, 0) is 6.42 Å². The molecule has 0 amide bonds. The van der Waals surface area contributed by atoms with E-state index in [1.54, 1.807) is 12.1 Å². The second-order valence-corrected chi connectivity index (χ2v) is 5.62. The molecule has 0 aliphatic carbocycles. The summed E-state index contributed by atoms with van der Waals surface area (Å²) in [6, 6.07) is 4.76. The molecule has 3 nitrogen and oxygen atoms in total. The van der Waals surface area contributed by atoms with E-state index in [2.05, 4.69) is 0 Å². The molecule has 2 heterocycles. The summed E-state index contributed by atoms with van der Waals surface area (Å²) >= 11 is 0.532. The summed E-state index contributed by atoms with van der Waals surface area (Å²) in [5.41, 5.74) is -0.0692. The number of fused-ring (bicyclic) bond motifs is 3. The highest BCUT2D eigenvalue weighted by Gasteiger charge is 2.45. The third kappa shape index (κ3) is 2.06. The molecule has 1 atom stereocenters. The van der Waals surface area contributed by atoms with Gasteiger partial charge < -0.3 is 9.15 Å². The minimum Gasteiger partial charge on any atom is -0.497 e. The Balaban J connectivity index is 2.18. The van der Waals surface area contributed by atoms with Crippen molar-refractivity contribution in [2.45, 2.75) is 22.7 Å². The summed E-state index contributed by atoms with van der Waals surface area (Å²) in [7, 11) is 1.46. The monoisotopic (exact) mass is 302 g/mol. The van der Waals surface area contributed by atoms with Gasteiger partial charge in [-0.3, -0.25) is 0 Å². The summed E-state index contributed by atoms with van der Waals surface area (Å²) < 4.78 is 48.5. The largest absolute Gasteiger partial charge is 0.497 e. The number of rotatable bonds is 1. The Kier molecular flexibility index (Phi) is 2.97. The van der Waals surface area contributed by atoms with Crippen molar-refractivity contribution in [3.05, 3.63) is 34.2 Å². The van der Waals surface area contributed by atoms with Gasteiger partial charge in [0, 0.05) is 11.5 Å². The Bertz CT molecular complexity index is 736. The molecule has 3 rings (SSSR count). The Hall–Kier alpha value is -1.63. The Morgan fingerprint density at radius 2 is 2.15 bits per heavy atom. The fourth-order valence-corrected chi connectivity index (χ4v) is 3.37. The van der Waals surface area contributed by atoms with Gasteiger partial charge in [0.05, 0.1) is 12.0 Å². The van der Waals surface area contributed by atoms with Crippen LogP contribution in [0.2, 0.25) is 0 Å². The summed E-state index contributed by atoms with van der Waals surface area (Å²) in [5.74, 6) is 0.485. The average Bonchev–Trinajstić information content (AvgIpc) is 2.84. The van der Waals surface area contributed by atoms with Crippen molar-refractivity contribution in [2.75, 3.05) is 7.11 Å². The molecule has 2 aromatic rings. The van der Waals surface area contributed by atoms with Gasteiger partial charge in [0.25, 0.3) is 0 Å². The fraction of sp³-hybridized carbons (Fsp3) is 0.308. The van der Waals surface area contributed by atoms with Crippen LogP contribution in [0, 0.1) is 0 Å². The molecule has 1 aromatic heterocycles. The molecular formula is C13H9F3O3S. The maximum absolute atomic E-state index is 12.8. The zero-order valence-corrected chi connectivity index (χ0v) is 11.1. The highest BCUT2D eigenvalue weighted by atomic mass is 32.2. The van der Waals surface area contributed by atoms with Crippen LogP contribution in [-0.4, -0.2) is 18.5 Å². The number of ether oxygens (including phenoxy) is 1. The topological polar surface area (TPSA) is 39.4 Å². The maximum atomic E-state index is 12.8. The number of thioether (sulfide) groups is 1. The molecule has 0 fully saturated rings. The van der Waals surface area contributed by atoms with Gasteiger partial charge in [-0.15, -0.1) is 11.8 Å². The van der Waals surface area contributed by atoms with Crippen molar-refractivity contribution in [3.63, 3.8) is 0 Å². The molecule has 0 saturated heterocycles. The first-order chi connectivity index (χ1) is 9.40. The molecule has 1 aromatic carbocycles. The van der Waals surface area contributed by atoms with E-state index < -0.39 is 17.1 Å². The number of benzene rings is 1. The first kappa shape index (κ1) is 13.4. The van der Waals surface area contributed by atoms with E-state index in [-0.39, 0.29) is 16.9 Å². The van der Waals surface area contributed by atoms with Crippen molar-refractivity contribution in [1.82, 2.24) is 0 Å². The van der Waals surface area contributed by atoms with E-state index in [9.17, 15) is 18.0 Å². The van der Waals surface area contributed by atoms with E-state index in [1.807, 2.05) is 0 Å². The van der Waals surface area contributed by atoms with E-state index in [4.69, 9.17) is 9.15 Å². The van der Waals surface area contributed by atoms with Gasteiger partial charge in [-0.1, -0.05) is 0 Å². The molecule has 1 aliphatic rings. The highest BCUT2D eigenvalue weighted by molar-refractivity contribution is 8.00. The number of halogens is 3. The first-order valence-corrected chi connectivity index (χ1v) is 6.65. The molecule has 0 N–H and O–H groups in total. The minimum absolute atomic E-state index is 0.0602. The number of hydrogen-bond donors (Lipinski definition) is 0. The predicted molar refractivity (Wildman–Crippen MR) is 68.4 cm³/mol. The summed E-state index contributed by atoms with van der Waals surface area (Å²) in [6.45, 7) is 0. The van der Waals surface area contributed by atoms with E-state index >= 15 is 0 Å². The second-order valence-electron chi connectivity index (χ2n) is 4.41. The second kappa shape index (κ2) is 4.44. The molecule has 1 aliphatic heterocycles. The van der Waals surface area contributed by atoms with E-state index in [0.717, 1.165) is 0 Å². The molecule has 0 spiro atoms. The van der Waals surface area contributed by atoms with Gasteiger partial charge in [-0.25, -0.2) is 4.79 Å². The smallest absolute Gasteiger partial charge is 0.401 e. The van der Waals surface area contributed by atoms with Gasteiger partial charge in [-0.2, -0.15) is 13.2 Å². The maximum Gasteiger partial charge on any atom is 0.401 e. The molecule has 106 valence electrons. The summed E-state index contributed by atoms with van der Waals surface area (Å²) in [4.78, 5) is 11.9. The fourth-order valence-electron chi connectivity index (χ4n) is 2.23. The van der Waals surface area contributed by atoms with Crippen LogP contribution in [0.25, 0.3) is 11.0 Å². The quantitative estimate of drug-likeness (QED) is 0.757. The molecular weight excluding hydrogens is 293 g/mol. The van der Waals surface area contributed by atoms with Crippen molar-refractivity contribution in [3.8, 4) is 5.75 Å². The standard InChI is InChI=1S/C13H9F3O3S/c1-18-6-2-3-7-8-5-10(13(14,15)16)20-11(8)12(17)19-9(7)4-6/h2-4,10H,5H2,1H3/t10-/m0/s1. The Labute approximate surface area is 115 Å². The zero-order chi connectivity index (χ0) is 14.5. The lowest BCUT2D eigenvalue weighted by Gasteiger charge is -2.11. The highest BCUT2D eigenvalue weighted by Crippen LogP contribution is 2.45. The number of alkyl halides is 3. The van der Waals surface area contributed by atoms with Crippen LogP contribution in [0.5, 0.6) is 5.75 Å². The predicted octanol–water partition coefficient (Wildman–Crippen LogP) is 3.38. The van der Waals surface area contributed by atoms with Gasteiger partial charge in [0.1, 0.15) is 16.6 Å². The Morgan fingerprint density at radius 3 is 2.80 bits per heavy atom. The van der Waals surface area contributed by atoms with Gasteiger partial charge in [0.2, 0.25) is 0 Å². The minimum atomic E-state index is -4.34. The molecule has 0 saturated carbocycles. The third-order valence-corrected chi connectivity index (χ3v) is 4.56. The molecule has 0 bridgehead atoms. The summed E-state index contributed by atoms with van der Waals surface area (Å²) in [5, 5.41) is -1.06. The number of hydrogen-bond acceptors (Lipinski definition) is 4. The van der Waals surface area contributed by atoms with Crippen LogP contribution >= 0.6 is 11.8 Å². The molecule has 0 unspecified atom stereocenters. The zero-order valence-electron chi connectivity index (χ0n) is 10.3. The van der Waals surface area contributed by atoms with Gasteiger partial charge >= 0.3 is 11.8 Å². The van der Waals surface area contributed by atoms with Gasteiger partial charge in [-0.05, 0) is 24.1 Å². The van der Waals surface area contributed by atoms with Crippen LogP contribution < -0.4 is 10.4 Å². The van der Waals surface area contributed by atoms with Gasteiger partial charge in [0.15, 0.2) is 0 Å². The lowest BCUT2D eigenvalue weighted by Crippen LogP contribution is -2.24. The third-order valence-electron chi connectivity index (χ3n) is 3.19. The van der Waals surface area contributed by atoms with E-state index in [0.29, 0.717) is 28.5 Å². The van der Waals surface area contributed by atoms with Crippen LogP contribution in [0.1, 0.15) is 5.56 Å². The van der Waals surface area contributed by atoms with Crippen LogP contribution in [0.3, 0.4) is 0 Å². The first-order valence-electron chi connectivity index (χ1n) is 5.77. The van der Waals surface area contributed by atoms with Crippen molar-refractivity contribution >= 4 is 22.7 Å². The molecule has 7 heteroatoms.